The minimum Gasteiger partial charge on any atom is -0.444 e. The normalized spacial score (nSPS) is 15.9. The molecule has 6 nitrogen and oxygen atoms in total. The number of amides is 1. The van der Waals surface area contributed by atoms with Crippen molar-refractivity contribution in [2.75, 3.05) is 32.1 Å². The molecule has 0 atom stereocenters. The first-order chi connectivity index (χ1) is 17.9. The third kappa shape index (κ3) is 6.20. The number of fused-ring (bicyclic) bond motifs is 1. The number of benzene rings is 2. The van der Waals surface area contributed by atoms with E-state index in [1.807, 2.05) is 39.0 Å². The number of nitrogens with one attached hydrogen (secondary N) is 1. The molecule has 0 saturated carbocycles. The van der Waals surface area contributed by atoms with E-state index in [-0.39, 0.29) is 29.0 Å². The number of carbonyl (C=O) groups is 1. The number of rotatable bonds is 6. The van der Waals surface area contributed by atoms with Crippen LogP contribution in [0.4, 0.5) is 23.7 Å². The second-order valence-corrected chi connectivity index (χ2v) is 10.7. The van der Waals surface area contributed by atoms with Gasteiger partial charge < -0.3 is 19.7 Å². The van der Waals surface area contributed by atoms with Gasteiger partial charge in [0, 0.05) is 36.6 Å². The van der Waals surface area contributed by atoms with E-state index in [4.69, 9.17) is 9.47 Å². The van der Waals surface area contributed by atoms with Gasteiger partial charge in [0.2, 0.25) is 0 Å². The summed E-state index contributed by atoms with van der Waals surface area (Å²) in [6.07, 6.45) is -3.42. The molecule has 3 aromatic rings. The number of aromatic nitrogens is 1. The van der Waals surface area contributed by atoms with Crippen molar-refractivity contribution in [1.82, 2.24) is 9.88 Å². The Morgan fingerprint density at radius 3 is 2.34 bits per heavy atom. The van der Waals surface area contributed by atoms with E-state index in [0.29, 0.717) is 43.9 Å². The maximum Gasteiger partial charge on any atom is 0.417 e. The van der Waals surface area contributed by atoms with Gasteiger partial charge >= 0.3 is 12.3 Å². The van der Waals surface area contributed by atoms with Crippen molar-refractivity contribution in [2.45, 2.75) is 57.4 Å². The van der Waals surface area contributed by atoms with Gasteiger partial charge in [-0.05, 0) is 57.4 Å². The average molecular weight is 530 g/mol. The molecule has 1 amide bonds. The molecule has 1 aliphatic heterocycles. The second-order valence-electron chi connectivity index (χ2n) is 10.7. The van der Waals surface area contributed by atoms with E-state index in [2.05, 4.69) is 22.4 Å². The molecule has 2 heterocycles. The van der Waals surface area contributed by atoms with Gasteiger partial charge in [0.05, 0.1) is 30.0 Å². The van der Waals surface area contributed by atoms with Crippen LogP contribution in [0, 0.1) is 0 Å². The number of alkyl halides is 3. The molecule has 1 N–H and O–H groups in total. The van der Waals surface area contributed by atoms with Crippen LogP contribution in [0.2, 0.25) is 0 Å². The second kappa shape index (κ2) is 10.8. The van der Waals surface area contributed by atoms with E-state index in [1.54, 1.807) is 24.1 Å². The molecule has 204 valence electrons. The van der Waals surface area contributed by atoms with E-state index >= 15 is 0 Å². The van der Waals surface area contributed by atoms with Crippen LogP contribution in [-0.2, 0) is 27.7 Å². The topological polar surface area (TPSA) is 63.7 Å². The zero-order valence-electron chi connectivity index (χ0n) is 22.2. The minimum atomic E-state index is -4.49. The molecular weight excluding hydrogens is 495 g/mol. The van der Waals surface area contributed by atoms with Crippen molar-refractivity contribution in [1.29, 1.82) is 0 Å². The van der Waals surface area contributed by atoms with Gasteiger partial charge in [0.1, 0.15) is 5.60 Å². The molecule has 1 fully saturated rings. The van der Waals surface area contributed by atoms with Gasteiger partial charge in [0.15, 0.2) is 0 Å². The monoisotopic (exact) mass is 529 g/mol. The van der Waals surface area contributed by atoms with Crippen LogP contribution >= 0.6 is 0 Å². The molecule has 0 bridgehead atoms. The molecule has 9 heteroatoms. The van der Waals surface area contributed by atoms with Gasteiger partial charge in [-0.15, -0.1) is 0 Å². The molecular formula is C29H34F3N3O3. The van der Waals surface area contributed by atoms with E-state index in [1.165, 1.54) is 6.07 Å². The maximum absolute atomic E-state index is 13.6. The first-order valence-electron chi connectivity index (χ1n) is 12.7. The lowest BCUT2D eigenvalue weighted by Crippen LogP contribution is -2.48. The quantitative estimate of drug-likeness (QED) is 0.381. The molecule has 1 aromatic heterocycles. The Balaban J connectivity index is 1.52. The number of hydrogen-bond acceptors (Lipinski definition) is 5. The fourth-order valence-electron chi connectivity index (χ4n) is 4.95. The number of hydrogen-bond donors (Lipinski definition) is 1. The van der Waals surface area contributed by atoms with E-state index in [9.17, 15) is 18.0 Å². The molecule has 1 saturated heterocycles. The van der Waals surface area contributed by atoms with Crippen molar-refractivity contribution >= 4 is 22.7 Å². The van der Waals surface area contributed by atoms with Crippen LogP contribution in [0.1, 0.15) is 50.4 Å². The number of piperidine rings is 1. The molecule has 4 rings (SSSR count). The van der Waals surface area contributed by atoms with Gasteiger partial charge in [0.25, 0.3) is 0 Å². The van der Waals surface area contributed by atoms with Crippen LogP contribution in [-0.4, -0.2) is 48.3 Å². The third-order valence-electron chi connectivity index (χ3n) is 6.85. The van der Waals surface area contributed by atoms with Gasteiger partial charge in [-0.3, -0.25) is 4.98 Å². The van der Waals surface area contributed by atoms with Crippen LogP contribution < -0.4 is 5.32 Å². The Kier molecular flexibility index (Phi) is 7.88. The van der Waals surface area contributed by atoms with Crippen LogP contribution in [0.25, 0.3) is 10.9 Å². The van der Waals surface area contributed by atoms with E-state index < -0.39 is 17.3 Å². The highest BCUT2D eigenvalue weighted by atomic mass is 19.4. The van der Waals surface area contributed by atoms with Crippen LogP contribution in [0.5, 0.6) is 0 Å². The first kappa shape index (κ1) is 27.7. The number of carbonyl (C=O) groups excluding carboxylic acids is 1. The molecule has 0 radical (unpaired) electrons. The van der Waals surface area contributed by atoms with E-state index in [0.717, 1.165) is 11.6 Å². The molecule has 2 aromatic carbocycles. The summed E-state index contributed by atoms with van der Waals surface area (Å²) in [5.41, 5.74) is 0.675. The summed E-state index contributed by atoms with van der Waals surface area (Å²) in [6, 6.07) is 15.7. The summed E-state index contributed by atoms with van der Waals surface area (Å²) in [5.74, 6) is 0. The number of anilines is 1. The Labute approximate surface area is 221 Å². The van der Waals surface area contributed by atoms with Gasteiger partial charge in [-0.1, -0.05) is 36.4 Å². The van der Waals surface area contributed by atoms with Crippen LogP contribution in [0.3, 0.4) is 0 Å². The molecule has 0 aliphatic carbocycles. The van der Waals surface area contributed by atoms with Crippen molar-refractivity contribution < 1.29 is 27.4 Å². The van der Waals surface area contributed by atoms with Crippen molar-refractivity contribution in [3.05, 3.63) is 71.4 Å². The lowest BCUT2D eigenvalue weighted by atomic mass is 9.73. The zero-order valence-corrected chi connectivity index (χ0v) is 22.2. The lowest BCUT2D eigenvalue weighted by Gasteiger charge is -2.42. The molecule has 0 spiro atoms. The summed E-state index contributed by atoms with van der Waals surface area (Å²) < 4.78 is 52.5. The molecule has 1 aliphatic rings. The zero-order chi connectivity index (χ0) is 27.6. The molecule has 38 heavy (non-hydrogen) atoms. The summed E-state index contributed by atoms with van der Waals surface area (Å²) >= 11 is 0. The fourth-order valence-corrected chi connectivity index (χ4v) is 4.95. The number of ether oxygens (including phenoxy) is 2. The number of halogens is 3. The SMILES string of the molecule is CNc1cc(COCC2(c3ccccc3)CCN(C(=O)OC(C)(C)C)CC2)nc2cccc(C(F)(F)F)c12. The highest BCUT2D eigenvalue weighted by Crippen LogP contribution is 2.39. The highest BCUT2D eigenvalue weighted by Gasteiger charge is 2.39. The highest BCUT2D eigenvalue weighted by molar-refractivity contribution is 5.94. The predicted molar refractivity (Wildman–Crippen MR) is 141 cm³/mol. The minimum absolute atomic E-state index is 0.0431. The largest absolute Gasteiger partial charge is 0.444 e. The first-order valence-corrected chi connectivity index (χ1v) is 12.7. The maximum atomic E-state index is 13.6. The number of nitrogens with zero attached hydrogens (tertiary/aromatic N) is 2. The summed E-state index contributed by atoms with van der Waals surface area (Å²) in [5, 5.41) is 2.93. The smallest absolute Gasteiger partial charge is 0.417 e. The Morgan fingerprint density at radius 1 is 1.05 bits per heavy atom. The summed E-state index contributed by atoms with van der Waals surface area (Å²) in [4.78, 5) is 18.8. The average Bonchev–Trinajstić information content (AvgIpc) is 2.87. The fraction of sp³-hybridized carbons (Fsp3) is 0.448. The Hall–Kier alpha value is -3.33. The van der Waals surface area contributed by atoms with Crippen molar-refractivity contribution in [3.63, 3.8) is 0 Å². The predicted octanol–water partition coefficient (Wildman–Crippen LogP) is 6.78. The van der Waals surface area contributed by atoms with Gasteiger partial charge in [-0.25, -0.2) is 4.79 Å². The van der Waals surface area contributed by atoms with Crippen LogP contribution in [0.15, 0.2) is 54.6 Å². The number of likely N-dealkylation sites (tertiary alicyclic amines) is 1. The summed E-state index contributed by atoms with van der Waals surface area (Å²) in [6.45, 7) is 7.14. The standard InChI is InChI=1S/C29H34F3N3O3/c1-27(2,3)38-26(36)35-15-13-28(14-16-35,20-9-6-5-7-10-20)19-37-18-21-17-24(33-4)25-22(29(30,31)32)11-8-12-23(25)34-21/h5-12,17H,13-16,18-19H2,1-4H3,(H,33,34). The van der Waals surface area contributed by atoms with Crippen molar-refractivity contribution in [2.24, 2.45) is 0 Å². The summed E-state index contributed by atoms with van der Waals surface area (Å²) in [7, 11) is 1.59. The Morgan fingerprint density at radius 2 is 1.74 bits per heavy atom. The lowest BCUT2D eigenvalue weighted by molar-refractivity contribution is -0.136. The van der Waals surface area contributed by atoms with Crippen molar-refractivity contribution in [3.8, 4) is 0 Å². The molecule has 0 unspecified atom stereocenters. The van der Waals surface area contributed by atoms with Gasteiger partial charge in [-0.2, -0.15) is 13.2 Å². The third-order valence-corrected chi connectivity index (χ3v) is 6.85. The number of pyridine rings is 1. The Bertz CT molecular complexity index is 1270.